The maximum Gasteiger partial charge on any atom is 2.00 e. The van der Waals surface area contributed by atoms with Crippen molar-refractivity contribution in [2.45, 2.75) is 0 Å². The van der Waals surface area contributed by atoms with Gasteiger partial charge >= 0.3 is 17.1 Å². The van der Waals surface area contributed by atoms with Gasteiger partial charge in [-0.2, -0.15) is 0 Å². The molecule has 0 aliphatic heterocycles. The quantitative estimate of drug-likeness (QED) is 0.131. The number of hydrogen-bond acceptors (Lipinski definition) is 22. The molecule has 0 atom stereocenters. The van der Waals surface area contributed by atoms with Gasteiger partial charge in [-0.1, -0.05) is 20.4 Å². The predicted octanol–water partition coefficient (Wildman–Crippen LogP) is -12.0. The summed E-state index contributed by atoms with van der Waals surface area (Å²) in [6, 6.07) is 0. The van der Waals surface area contributed by atoms with Crippen LogP contribution < -0.4 is 50.9 Å². The molecule has 0 bridgehead atoms. The van der Waals surface area contributed by atoms with Crippen LogP contribution in [-0.2, 0) is 45.3 Å². The summed E-state index contributed by atoms with van der Waals surface area (Å²) in [6.07, 6.45) is 0. The normalized spacial score (nSPS) is 8.97. The summed E-state index contributed by atoms with van der Waals surface area (Å²) in [7, 11) is 1.00. The number of anilines is 4. The van der Waals surface area contributed by atoms with E-state index in [1.54, 1.807) is 28.2 Å². The van der Waals surface area contributed by atoms with E-state index in [0.29, 0.717) is 23.8 Å². The Balaban J connectivity index is -0.000000379. The topological polar surface area (TPSA) is 417 Å². The molecule has 0 spiro atoms. The average molecular weight is 627 g/mol. The summed E-state index contributed by atoms with van der Waals surface area (Å²) < 4.78 is 56.0. The first-order valence-corrected chi connectivity index (χ1v) is 9.91. The van der Waals surface area contributed by atoms with Crippen LogP contribution in [0.15, 0.2) is 0 Å². The smallest absolute Gasteiger partial charge is 0.367 e. The molecule has 8 N–H and O–H groups in total. The third-order valence-electron chi connectivity index (χ3n) is 2.61. The van der Waals surface area contributed by atoms with Crippen molar-refractivity contribution in [3.63, 3.8) is 0 Å². The number of nitrogen functional groups attached to an aromatic ring is 4. The fraction of sp³-hybridized carbons (Fsp3) is 0.500. The van der Waals surface area contributed by atoms with Crippen molar-refractivity contribution >= 4 is 23.8 Å². The van der Waals surface area contributed by atoms with E-state index in [2.05, 4.69) is 62.1 Å². The second kappa shape index (κ2) is 21.6. The average Bonchev–Trinajstić information content (AvgIpc) is 3.53. The van der Waals surface area contributed by atoms with Crippen molar-refractivity contribution in [2.24, 2.45) is 28.2 Å². The maximum absolute atomic E-state index is 8.41. The Kier molecular flexibility index (Phi) is 22.1. The number of aryl methyl sites for hydroxylation is 4. The number of halogens is 2. The summed E-state index contributed by atoms with van der Waals surface area (Å²) in [6.45, 7) is 0. The molecule has 0 aliphatic carbocycles. The molecule has 4 heterocycles. The van der Waals surface area contributed by atoms with Crippen LogP contribution >= 0.6 is 0 Å². The molecule has 0 aliphatic rings. The molecule has 29 heteroatoms. The number of hydrogen-bond donors (Lipinski definition) is 4. The third kappa shape index (κ3) is 22.5. The largest absolute Gasteiger partial charge is 2.00 e. The van der Waals surface area contributed by atoms with E-state index in [1.165, 1.54) is 18.7 Å². The van der Waals surface area contributed by atoms with E-state index in [9.17, 15) is 0 Å². The molecule has 26 nitrogen and oxygen atoms in total. The van der Waals surface area contributed by atoms with E-state index >= 15 is 0 Å². The molecule has 1 radical (unpaired) electrons. The molecule has 213 valence electrons. The zero-order valence-corrected chi connectivity index (χ0v) is 21.4. The number of aromatic nitrogens is 16. The Bertz CT molecular complexity index is 825. The standard InChI is InChI=1S/4C2H5N5.2ClO3.Cu/c4*1-7-2(3)4-5-6-7;2*2-1(3)4;/h4*1H3,(H2,3,4,6);;;/q;;;;2*-1;+2. The van der Waals surface area contributed by atoms with Crippen LogP contribution in [0.1, 0.15) is 0 Å². The SMILES string of the molecule is Cn1nnnc1N.Cn1nnnc1N.Cn1nnnc1N.Cn1nnnc1N.[Cu+2].[O-][Cl+2]([O-])[O-].[O-][Cl+2]([O-])[O-]. The first-order chi connectivity index (χ1) is 16.7. The number of nitrogens with zero attached hydrogens (tertiary/aromatic N) is 16. The second-order valence-electron chi connectivity index (χ2n) is 5.02. The minimum atomic E-state index is -2.85. The fourth-order valence-corrected chi connectivity index (χ4v) is 0.945. The number of tetrazole rings is 4. The molecule has 0 saturated carbocycles. The van der Waals surface area contributed by atoms with Gasteiger partial charge in [0.25, 0.3) is 0 Å². The first-order valence-electron chi connectivity index (χ1n) is 8.06. The minimum absolute atomic E-state index is 0. The molecular formula is C8H20Cl2CuN20O6. The van der Waals surface area contributed by atoms with Crippen LogP contribution in [0.3, 0.4) is 0 Å². The number of nitrogens with two attached hydrogens (primary N) is 4. The Morgan fingerprint density at radius 2 is 0.595 bits per heavy atom. The van der Waals surface area contributed by atoms with Gasteiger partial charge in [0.15, 0.2) is 0 Å². The molecule has 4 rings (SSSR count). The van der Waals surface area contributed by atoms with Gasteiger partial charge < -0.3 is 50.9 Å². The molecular weight excluding hydrogens is 607 g/mol. The first kappa shape index (κ1) is 37.9. The third-order valence-corrected chi connectivity index (χ3v) is 2.61. The Morgan fingerprint density at radius 3 is 0.622 bits per heavy atom. The van der Waals surface area contributed by atoms with Gasteiger partial charge in [0, 0.05) is 28.2 Å². The molecule has 37 heavy (non-hydrogen) atoms. The summed E-state index contributed by atoms with van der Waals surface area (Å²) in [5.74, 6) is 1.33. The van der Waals surface area contributed by atoms with E-state index < -0.39 is 21.6 Å². The van der Waals surface area contributed by atoms with Crippen LogP contribution in [0.2, 0.25) is 0 Å². The van der Waals surface area contributed by atoms with Crippen LogP contribution in [-0.4, -0.2) is 80.8 Å². The summed E-state index contributed by atoms with van der Waals surface area (Å²) in [5.41, 5.74) is 20.7. The van der Waals surface area contributed by atoms with Crippen molar-refractivity contribution < 1.29 is 66.6 Å². The zero-order valence-electron chi connectivity index (χ0n) is 19.0. The Labute approximate surface area is 222 Å². The fourth-order valence-electron chi connectivity index (χ4n) is 0.945. The maximum atomic E-state index is 8.41. The predicted molar refractivity (Wildman–Crippen MR) is 92.8 cm³/mol. The van der Waals surface area contributed by atoms with Crippen LogP contribution in [0.25, 0.3) is 0 Å². The van der Waals surface area contributed by atoms with Crippen molar-refractivity contribution in [1.29, 1.82) is 0 Å². The summed E-state index contributed by atoms with van der Waals surface area (Å²) in [5, 5.41) is 40.4. The van der Waals surface area contributed by atoms with Crippen molar-refractivity contribution in [1.82, 2.24) is 80.8 Å². The van der Waals surface area contributed by atoms with Crippen molar-refractivity contribution in [3.05, 3.63) is 0 Å². The molecule has 0 saturated heterocycles. The van der Waals surface area contributed by atoms with E-state index in [0.717, 1.165) is 0 Å². The van der Waals surface area contributed by atoms with E-state index in [1.807, 2.05) is 0 Å². The van der Waals surface area contributed by atoms with Crippen LogP contribution in [0.5, 0.6) is 0 Å². The molecule has 0 unspecified atom stereocenters. The van der Waals surface area contributed by atoms with Gasteiger partial charge in [-0.05, 0) is 41.7 Å². The van der Waals surface area contributed by atoms with Crippen molar-refractivity contribution in [3.8, 4) is 0 Å². The van der Waals surface area contributed by atoms with Gasteiger partial charge in [0.2, 0.25) is 23.8 Å². The van der Waals surface area contributed by atoms with Crippen molar-refractivity contribution in [2.75, 3.05) is 22.9 Å². The van der Waals surface area contributed by atoms with Gasteiger partial charge in [-0.3, -0.25) is 0 Å². The molecule has 0 amide bonds. The molecule has 4 aromatic heterocycles. The van der Waals surface area contributed by atoms with E-state index in [4.69, 9.17) is 50.9 Å². The monoisotopic (exact) mass is 625 g/mol. The van der Waals surface area contributed by atoms with Gasteiger partial charge in [0.1, 0.15) is 0 Å². The van der Waals surface area contributed by atoms with Crippen LogP contribution in [0, 0.1) is 21.6 Å². The van der Waals surface area contributed by atoms with Crippen LogP contribution in [0.4, 0.5) is 23.8 Å². The zero-order chi connectivity index (χ0) is 28.3. The van der Waals surface area contributed by atoms with Gasteiger partial charge in [-0.25, -0.2) is 18.7 Å². The summed E-state index contributed by atoms with van der Waals surface area (Å²) >= 11 is 0. The van der Waals surface area contributed by atoms with Gasteiger partial charge in [0.05, 0.1) is 21.6 Å². The molecule has 0 aromatic carbocycles. The Hall–Kier alpha value is -3.66. The second-order valence-corrected chi connectivity index (χ2v) is 5.78. The molecule has 4 aromatic rings. The van der Waals surface area contributed by atoms with Gasteiger partial charge in [-0.15, -0.1) is 0 Å². The number of rotatable bonds is 0. The minimum Gasteiger partial charge on any atom is -0.367 e. The van der Waals surface area contributed by atoms with E-state index in [-0.39, 0.29) is 17.1 Å². The Morgan fingerprint density at radius 1 is 0.459 bits per heavy atom. The summed E-state index contributed by atoms with van der Waals surface area (Å²) in [4.78, 5) is 0. The molecule has 0 fully saturated rings.